The van der Waals surface area contributed by atoms with Gasteiger partial charge in [-0.1, -0.05) is 12.8 Å². The summed E-state index contributed by atoms with van der Waals surface area (Å²) in [4.78, 5) is 23.1. The number of nitrogens with two attached hydrogens (primary N) is 2. The molecular formula is C16H23N3O3. The zero-order valence-corrected chi connectivity index (χ0v) is 12.6. The molecule has 0 aliphatic heterocycles. The first-order valence-corrected chi connectivity index (χ1v) is 7.58. The molecule has 1 aromatic rings. The Morgan fingerprint density at radius 1 is 1.18 bits per heavy atom. The minimum absolute atomic E-state index is 0.00473. The summed E-state index contributed by atoms with van der Waals surface area (Å²) in [5, 5.41) is 2.93. The molecule has 6 heteroatoms. The molecule has 1 aromatic carbocycles. The third kappa shape index (κ3) is 3.98. The van der Waals surface area contributed by atoms with Gasteiger partial charge in [0.25, 0.3) is 0 Å². The average Bonchev–Trinajstić information content (AvgIpc) is 2.99. The Bertz CT molecular complexity index is 522. The Hall–Kier alpha value is -2.08. The minimum atomic E-state index is -0.420. The first kappa shape index (κ1) is 16.3. The number of hydrogen-bond donors (Lipinski definition) is 3. The van der Waals surface area contributed by atoms with Crippen LogP contribution in [0.1, 0.15) is 32.1 Å². The summed E-state index contributed by atoms with van der Waals surface area (Å²) in [7, 11) is 0. The number of nitrogens with one attached hydrogen (secondary N) is 1. The van der Waals surface area contributed by atoms with Gasteiger partial charge in [0.05, 0.1) is 18.4 Å². The number of carbonyl (C=O) groups excluding carboxylic acids is 2. The summed E-state index contributed by atoms with van der Waals surface area (Å²) in [6.45, 7) is 0.629. The number of ether oxygens (including phenoxy) is 1. The van der Waals surface area contributed by atoms with Crippen LogP contribution in [0.2, 0.25) is 0 Å². The van der Waals surface area contributed by atoms with E-state index in [-0.39, 0.29) is 18.9 Å². The maximum atomic E-state index is 12.4. The fourth-order valence-electron chi connectivity index (χ4n) is 2.74. The predicted molar refractivity (Wildman–Crippen MR) is 84.3 cm³/mol. The number of carbonyl (C=O) groups is 2. The molecule has 0 atom stereocenters. The Balaban J connectivity index is 1.90. The van der Waals surface area contributed by atoms with Crippen LogP contribution in [-0.2, 0) is 9.59 Å². The lowest BCUT2D eigenvalue weighted by atomic mass is 9.85. The highest BCUT2D eigenvalue weighted by Gasteiger charge is 2.39. The van der Waals surface area contributed by atoms with Gasteiger partial charge in [-0.3, -0.25) is 9.59 Å². The highest BCUT2D eigenvalue weighted by atomic mass is 16.5. The monoisotopic (exact) mass is 305 g/mol. The second-order valence-corrected chi connectivity index (χ2v) is 5.73. The Morgan fingerprint density at radius 2 is 1.82 bits per heavy atom. The molecule has 0 unspecified atom stereocenters. The van der Waals surface area contributed by atoms with Crippen LogP contribution in [0.4, 0.5) is 5.69 Å². The lowest BCUT2D eigenvalue weighted by Crippen LogP contribution is -2.40. The van der Waals surface area contributed by atoms with E-state index in [9.17, 15) is 9.59 Å². The fraction of sp³-hybridized carbons (Fsp3) is 0.500. The van der Waals surface area contributed by atoms with Gasteiger partial charge < -0.3 is 21.5 Å². The summed E-state index contributed by atoms with van der Waals surface area (Å²) in [6.07, 6.45) is 3.99. The van der Waals surface area contributed by atoms with Crippen molar-refractivity contribution in [2.45, 2.75) is 32.1 Å². The molecule has 2 amide bonds. The Kier molecular flexibility index (Phi) is 5.38. The van der Waals surface area contributed by atoms with Gasteiger partial charge in [-0.05, 0) is 37.1 Å². The Labute approximate surface area is 130 Å². The van der Waals surface area contributed by atoms with E-state index in [0.717, 1.165) is 25.7 Å². The molecule has 1 saturated carbocycles. The lowest BCUT2D eigenvalue weighted by Gasteiger charge is -2.25. The molecule has 1 aliphatic rings. The molecule has 0 spiro atoms. The van der Waals surface area contributed by atoms with Crippen LogP contribution in [0, 0.1) is 5.41 Å². The zero-order valence-electron chi connectivity index (χ0n) is 12.6. The standard InChI is InChI=1S/C16H23N3O3/c17-11-16(8-1-2-9-16)15(21)19-12-3-5-13(6-4-12)22-10-7-14(18)20/h3-6H,1-2,7-11,17H2,(H2,18,20)(H,19,21). The third-order valence-electron chi connectivity index (χ3n) is 4.16. The van der Waals surface area contributed by atoms with Crippen LogP contribution in [-0.4, -0.2) is 25.0 Å². The molecule has 0 heterocycles. The number of amides is 2. The first-order chi connectivity index (χ1) is 10.6. The Morgan fingerprint density at radius 3 is 2.36 bits per heavy atom. The van der Waals surface area contributed by atoms with Crippen molar-refractivity contribution in [2.24, 2.45) is 16.9 Å². The number of benzene rings is 1. The average molecular weight is 305 g/mol. The van der Waals surface area contributed by atoms with Gasteiger partial charge in [0, 0.05) is 12.2 Å². The van der Waals surface area contributed by atoms with Gasteiger partial charge in [0.1, 0.15) is 5.75 Å². The SMILES string of the molecule is NCC1(C(=O)Nc2ccc(OCCC(N)=O)cc2)CCCC1. The van der Waals surface area contributed by atoms with Crippen LogP contribution >= 0.6 is 0 Å². The van der Waals surface area contributed by atoms with Gasteiger partial charge in [-0.2, -0.15) is 0 Å². The summed E-state index contributed by atoms with van der Waals surface area (Å²) in [6, 6.07) is 7.05. The molecule has 2 rings (SSSR count). The first-order valence-electron chi connectivity index (χ1n) is 7.58. The molecule has 22 heavy (non-hydrogen) atoms. The van der Waals surface area contributed by atoms with E-state index in [4.69, 9.17) is 16.2 Å². The van der Waals surface area contributed by atoms with Crippen molar-refractivity contribution in [2.75, 3.05) is 18.5 Å². The van der Waals surface area contributed by atoms with E-state index in [1.54, 1.807) is 24.3 Å². The summed E-state index contributed by atoms with van der Waals surface area (Å²) in [5.74, 6) is 0.232. The van der Waals surface area contributed by atoms with Crippen molar-refractivity contribution >= 4 is 17.5 Å². The summed E-state index contributed by atoms with van der Waals surface area (Å²) < 4.78 is 5.38. The van der Waals surface area contributed by atoms with Crippen molar-refractivity contribution in [3.63, 3.8) is 0 Å². The maximum absolute atomic E-state index is 12.4. The zero-order chi connectivity index (χ0) is 16.0. The second kappa shape index (κ2) is 7.26. The summed E-state index contributed by atoms with van der Waals surface area (Å²) in [5.41, 5.74) is 11.1. The van der Waals surface area contributed by atoms with E-state index < -0.39 is 11.3 Å². The van der Waals surface area contributed by atoms with Crippen LogP contribution in [0.3, 0.4) is 0 Å². The van der Waals surface area contributed by atoms with Crippen molar-refractivity contribution in [3.05, 3.63) is 24.3 Å². The molecule has 0 saturated heterocycles. The molecule has 120 valence electrons. The predicted octanol–water partition coefficient (Wildman–Crippen LogP) is 1.40. The smallest absolute Gasteiger partial charge is 0.231 e. The minimum Gasteiger partial charge on any atom is -0.493 e. The summed E-state index contributed by atoms with van der Waals surface area (Å²) >= 11 is 0. The highest BCUT2D eigenvalue weighted by Crippen LogP contribution is 2.38. The van der Waals surface area contributed by atoms with E-state index in [1.807, 2.05) is 0 Å². The number of hydrogen-bond acceptors (Lipinski definition) is 4. The van der Waals surface area contributed by atoms with Crippen molar-refractivity contribution in [1.29, 1.82) is 0 Å². The quantitative estimate of drug-likeness (QED) is 0.707. The normalized spacial score (nSPS) is 16.2. The van der Waals surface area contributed by atoms with Gasteiger partial charge in [-0.15, -0.1) is 0 Å². The van der Waals surface area contributed by atoms with E-state index in [1.165, 1.54) is 0 Å². The van der Waals surface area contributed by atoms with Crippen LogP contribution in [0.15, 0.2) is 24.3 Å². The topological polar surface area (TPSA) is 107 Å². The van der Waals surface area contributed by atoms with Gasteiger partial charge in [-0.25, -0.2) is 0 Å². The lowest BCUT2D eigenvalue weighted by molar-refractivity contribution is -0.125. The molecular weight excluding hydrogens is 282 g/mol. The third-order valence-corrected chi connectivity index (χ3v) is 4.16. The molecule has 0 bridgehead atoms. The van der Waals surface area contributed by atoms with Crippen LogP contribution in [0.25, 0.3) is 0 Å². The second-order valence-electron chi connectivity index (χ2n) is 5.73. The van der Waals surface area contributed by atoms with Gasteiger partial charge in [0.2, 0.25) is 11.8 Å². The van der Waals surface area contributed by atoms with Crippen molar-refractivity contribution in [3.8, 4) is 5.75 Å². The van der Waals surface area contributed by atoms with Gasteiger partial charge in [0.15, 0.2) is 0 Å². The van der Waals surface area contributed by atoms with E-state index in [2.05, 4.69) is 5.32 Å². The highest BCUT2D eigenvalue weighted by molar-refractivity contribution is 5.95. The van der Waals surface area contributed by atoms with Crippen molar-refractivity contribution in [1.82, 2.24) is 0 Å². The molecule has 0 aromatic heterocycles. The maximum Gasteiger partial charge on any atom is 0.231 e. The van der Waals surface area contributed by atoms with Crippen LogP contribution < -0.4 is 21.5 Å². The number of primary amides is 1. The molecule has 1 aliphatic carbocycles. The molecule has 1 fully saturated rings. The largest absolute Gasteiger partial charge is 0.493 e. The van der Waals surface area contributed by atoms with Crippen molar-refractivity contribution < 1.29 is 14.3 Å². The number of anilines is 1. The molecule has 6 nitrogen and oxygen atoms in total. The van der Waals surface area contributed by atoms with Crippen LogP contribution in [0.5, 0.6) is 5.75 Å². The number of rotatable bonds is 7. The fourth-order valence-corrected chi connectivity index (χ4v) is 2.74. The van der Waals surface area contributed by atoms with Gasteiger partial charge >= 0.3 is 0 Å². The molecule has 5 N–H and O–H groups in total. The van der Waals surface area contributed by atoms with E-state index >= 15 is 0 Å². The molecule has 0 radical (unpaired) electrons. The van der Waals surface area contributed by atoms with E-state index in [0.29, 0.717) is 18.0 Å².